The molecular formula is C7H5ClN2O. The highest BCUT2D eigenvalue weighted by molar-refractivity contribution is 6.31. The minimum atomic E-state index is 0.264. The summed E-state index contributed by atoms with van der Waals surface area (Å²) in [6.07, 6.45) is 1.49. The van der Waals surface area contributed by atoms with E-state index in [2.05, 4.69) is 4.98 Å². The Bertz CT molecular complexity index is 306. The van der Waals surface area contributed by atoms with E-state index in [4.69, 9.17) is 21.6 Å². The molecule has 1 rings (SSSR count). The summed E-state index contributed by atoms with van der Waals surface area (Å²) in [6.45, 7) is 0. The number of nitrogens with zero attached hydrogens (tertiary/aromatic N) is 2. The Kier molecular flexibility index (Phi) is 2.29. The second kappa shape index (κ2) is 3.22. The van der Waals surface area contributed by atoms with Gasteiger partial charge in [0, 0.05) is 6.20 Å². The van der Waals surface area contributed by atoms with Crippen LogP contribution in [0, 0.1) is 11.3 Å². The Morgan fingerprint density at radius 1 is 1.73 bits per heavy atom. The van der Waals surface area contributed by atoms with Gasteiger partial charge in [-0.15, -0.1) is 0 Å². The Morgan fingerprint density at radius 3 is 2.91 bits per heavy atom. The van der Waals surface area contributed by atoms with Gasteiger partial charge in [0.2, 0.25) is 5.88 Å². The molecule has 1 heterocycles. The van der Waals surface area contributed by atoms with Gasteiger partial charge in [0.15, 0.2) is 0 Å². The van der Waals surface area contributed by atoms with Gasteiger partial charge in [0.1, 0.15) is 11.6 Å². The summed E-state index contributed by atoms with van der Waals surface area (Å²) in [6, 6.07) is 3.44. The van der Waals surface area contributed by atoms with E-state index < -0.39 is 0 Å². The first-order valence-corrected chi connectivity index (χ1v) is 3.26. The molecule has 0 atom stereocenters. The molecule has 0 saturated carbocycles. The average molecular weight is 169 g/mol. The highest BCUT2D eigenvalue weighted by atomic mass is 35.5. The molecule has 0 unspecified atom stereocenters. The first-order valence-electron chi connectivity index (χ1n) is 2.88. The zero-order valence-electron chi connectivity index (χ0n) is 5.84. The number of halogens is 1. The summed E-state index contributed by atoms with van der Waals surface area (Å²) in [5.74, 6) is 0.264. The molecule has 0 aliphatic rings. The Morgan fingerprint density at radius 2 is 2.45 bits per heavy atom. The van der Waals surface area contributed by atoms with Crippen molar-refractivity contribution in [3.8, 4) is 11.9 Å². The molecule has 56 valence electrons. The smallest absolute Gasteiger partial charge is 0.232 e. The predicted octanol–water partition coefficient (Wildman–Crippen LogP) is 1.62. The molecule has 0 amide bonds. The fraction of sp³-hybridized carbons (Fsp3) is 0.143. The van der Waals surface area contributed by atoms with Gasteiger partial charge < -0.3 is 4.74 Å². The van der Waals surface area contributed by atoms with Gasteiger partial charge in [-0.2, -0.15) is 5.26 Å². The molecule has 1 aromatic rings. The maximum Gasteiger partial charge on any atom is 0.232 e. The van der Waals surface area contributed by atoms with Crippen molar-refractivity contribution < 1.29 is 4.74 Å². The van der Waals surface area contributed by atoms with E-state index in [1.807, 2.05) is 6.07 Å². The van der Waals surface area contributed by atoms with Crippen LogP contribution in [0.15, 0.2) is 12.3 Å². The van der Waals surface area contributed by atoms with Crippen molar-refractivity contribution in [3.63, 3.8) is 0 Å². The van der Waals surface area contributed by atoms with Crippen LogP contribution in [0.2, 0.25) is 5.02 Å². The van der Waals surface area contributed by atoms with Crippen LogP contribution in [-0.4, -0.2) is 12.1 Å². The average Bonchev–Trinajstić information content (AvgIpc) is 2.04. The highest BCUT2D eigenvalue weighted by Gasteiger charge is 2.06. The number of methoxy groups -OCH3 is 1. The molecule has 0 N–H and O–H groups in total. The topological polar surface area (TPSA) is 45.9 Å². The second-order valence-electron chi connectivity index (χ2n) is 1.79. The zero-order chi connectivity index (χ0) is 8.27. The number of ether oxygens (including phenoxy) is 1. The zero-order valence-corrected chi connectivity index (χ0v) is 6.59. The lowest BCUT2D eigenvalue weighted by molar-refractivity contribution is 0.396. The van der Waals surface area contributed by atoms with Gasteiger partial charge >= 0.3 is 0 Å². The lowest BCUT2D eigenvalue weighted by Crippen LogP contribution is -1.91. The number of hydrogen-bond donors (Lipinski definition) is 0. The molecule has 0 saturated heterocycles. The van der Waals surface area contributed by atoms with Crippen LogP contribution in [0.3, 0.4) is 0 Å². The lowest BCUT2D eigenvalue weighted by Gasteiger charge is -2.00. The number of hydrogen-bond acceptors (Lipinski definition) is 3. The van der Waals surface area contributed by atoms with Gasteiger partial charge in [-0.1, -0.05) is 11.6 Å². The SMILES string of the molecule is COc1nccc(Cl)c1C#N. The van der Waals surface area contributed by atoms with Gasteiger partial charge in [-0.05, 0) is 6.07 Å². The van der Waals surface area contributed by atoms with E-state index in [1.165, 1.54) is 13.3 Å². The number of pyridine rings is 1. The van der Waals surface area contributed by atoms with Crippen LogP contribution in [0.4, 0.5) is 0 Å². The van der Waals surface area contributed by atoms with Crippen LogP contribution in [-0.2, 0) is 0 Å². The van der Waals surface area contributed by atoms with Gasteiger partial charge in [-0.3, -0.25) is 0 Å². The van der Waals surface area contributed by atoms with E-state index in [0.29, 0.717) is 5.02 Å². The van der Waals surface area contributed by atoms with Crippen molar-refractivity contribution in [1.82, 2.24) is 4.98 Å². The molecular weight excluding hydrogens is 164 g/mol. The summed E-state index contributed by atoms with van der Waals surface area (Å²) in [4.78, 5) is 3.80. The van der Waals surface area contributed by atoms with Crippen molar-refractivity contribution in [3.05, 3.63) is 22.8 Å². The molecule has 0 radical (unpaired) electrons. The fourth-order valence-corrected chi connectivity index (χ4v) is 0.856. The molecule has 0 aromatic carbocycles. The van der Waals surface area contributed by atoms with Crippen LogP contribution >= 0.6 is 11.6 Å². The summed E-state index contributed by atoms with van der Waals surface area (Å²) >= 11 is 5.67. The molecule has 0 spiro atoms. The third kappa shape index (κ3) is 1.41. The number of rotatable bonds is 1. The van der Waals surface area contributed by atoms with Crippen LogP contribution < -0.4 is 4.74 Å². The Labute approximate surface area is 69.2 Å². The van der Waals surface area contributed by atoms with Crippen LogP contribution in [0.1, 0.15) is 5.56 Å². The molecule has 0 bridgehead atoms. The fourth-order valence-electron chi connectivity index (χ4n) is 0.676. The monoisotopic (exact) mass is 168 g/mol. The minimum Gasteiger partial charge on any atom is -0.480 e. The van der Waals surface area contributed by atoms with Gasteiger partial charge in [0.05, 0.1) is 12.1 Å². The molecule has 0 aliphatic heterocycles. The van der Waals surface area contributed by atoms with Crippen molar-refractivity contribution >= 4 is 11.6 Å². The predicted molar refractivity (Wildman–Crippen MR) is 40.5 cm³/mol. The normalized spacial score (nSPS) is 8.82. The standard InChI is InChI=1S/C7H5ClN2O/c1-11-7-5(4-9)6(8)2-3-10-7/h2-3H,1H3. The number of nitriles is 1. The number of aromatic nitrogens is 1. The highest BCUT2D eigenvalue weighted by Crippen LogP contribution is 2.21. The van der Waals surface area contributed by atoms with E-state index in [9.17, 15) is 0 Å². The first-order chi connectivity index (χ1) is 5.29. The third-order valence-electron chi connectivity index (χ3n) is 1.17. The van der Waals surface area contributed by atoms with Crippen molar-refractivity contribution in [2.45, 2.75) is 0 Å². The van der Waals surface area contributed by atoms with Crippen molar-refractivity contribution in [2.24, 2.45) is 0 Å². The molecule has 0 aliphatic carbocycles. The summed E-state index contributed by atoms with van der Waals surface area (Å²) in [7, 11) is 1.44. The van der Waals surface area contributed by atoms with Gasteiger partial charge in [-0.25, -0.2) is 4.98 Å². The summed E-state index contributed by atoms with van der Waals surface area (Å²) in [5.41, 5.74) is 0.275. The molecule has 1 aromatic heterocycles. The second-order valence-corrected chi connectivity index (χ2v) is 2.20. The maximum absolute atomic E-state index is 8.58. The van der Waals surface area contributed by atoms with E-state index >= 15 is 0 Å². The van der Waals surface area contributed by atoms with E-state index in [1.54, 1.807) is 6.07 Å². The lowest BCUT2D eigenvalue weighted by atomic mass is 10.3. The Balaban J connectivity index is 3.27. The van der Waals surface area contributed by atoms with E-state index in [-0.39, 0.29) is 11.4 Å². The largest absolute Gasteiger partial charge is 0.480 e. The van der Waals surface area contributed by atoms with Crippen molar-refractivity contribution in [1.29, 1.82) is 5.26 Å². The van der Waals surface area contributed by atoms with Crippen LogP contribution in [0.5, 0.6) is 5.88 Å². The van der Waals surface area contributed by atoms with E-state index in [0.717, 1.165) is 0 Å². The van der Waals surface area contributed by atoms with Crippen LogP contribution in [0.25, 0.3) is 0 Å². The summed E-state index contributed by atoms with van der Waals surface area (Å²) < 4.78 is 4.80. The van der Waals surface area contributed by atoms with Gasteiger partial charge in [0.25, 0.3) is 0 Å². The quantitative estimate of drug-likeness (QED) is 0.640. The molecule has 11 heavy (non-hydrogen) atoms. The van der Waals surface area contributed by atoms with Crippen molar-refractivity contribution in [2.75, 3.05) is 7.11 Å². The molecule has 0 fully saturated rings. The maximum atomic E-state index is 8.58. The Hall–Kier alpha value is -1.27. The third-order valence-corrected chi connectivity index (χ3v) is 1.49. The molecule has 4 heteroatoms. The minimum absolute atomic E-state index is 0.264. The summed E-state index contributed by atoms with van der Waals surface area (Å²) in [5, 5.41) is 8.94. The molecule has 3 nitrogen and oxygen atoms in total. The first kappa shape index (κ1) is 7.83.